The maximum atomic E-state index is 10.2. The van der Waals surface area contributed by atoms with E-state index in [-0.39, 0.29) is 35.3 Å². The molecule has 0 amide bonds. The molecule has 0 aromatic rings. The molecule has 0 aliphatic heterocycles. The fourth-order valence-electron chi connectivity index (χ4n) is 0.582. The minimum absolute atomic E-state index is 0. The van der Waals surface area contributed by atoms with Crippen LogP contribution in [0.4, 0.5) is 0 Å². The third-order valence-corrected chi connectivity index (χ3v) is 1.33. The Balaban J connectivity index is 0. The fourth-order valence-corrected chi connectivity index (χ4v) is 0.582. The van der Waals surface area contributed by atoms with Gasteiger partial charge in [0.2, 0.25) is 0 Å². The summed E-state index contributed by atoms with van der Waals surface area (Å²) in [6, 6.07) is 0. The molecule has 0 atom stereocenters. The Morgan fingerprint density at radius 1 is 1.40 bits per heavy atom. The summed E-state index contributed by atoms with van der Waals surface area (Å²) in [7, 11) is 1.59. The van der Waals surface area contributed by atoms with E-state index in [2.05, 4.69) is 10.5 Å². The maximum Gasteiger partial charge on any atom is 1.00 e. The molecule has 0 fully saturated rings. The molecular formula is C8H15N2NaO4. The second-order valence-corrected chi connectivity index (χ2v) is 2.50. The molecule has 0 saturated heterocycles. The summed E-state index contributed by atoms with van der Waals surface area (Å²) in [6.07, 6.45) is 0. The van der Waals surface area contributed by atoms with Crippen molar-refractivity contribution in [3.63, 3.8) is 0 Å². The molecule has 15 heavy (non-hydrogen) atoms. The van der Waals surface area contributed by atoms with Gasteiger partial charge < -0.3 is 24.8 Å². The van der Waals surface area contributed by atoms with E-state index in [9.17, 15) is 9.90 Å². The Bertz CT molecular complexity index is 199. The van der Waals surface area contributed by atoms with Crippen molar-refractivity contribution in [2.75, 3.05) is 33.5 Å². The van der Waals surface area contributed by atoms with Crippen LogP contribution in [0, 0.1) is 0 Å². The van der Waals surface area contributed by atoms with E-state index in [1.54, 1.807) is 7.11 Å². The average molecular weight is 226 g/mol. The molecule has 0 spiro atoms. The molecule has 0 aromatic heterocycles. The van der Waals surface area contributed by atoms with Crippen LogP contribution in [0.1, 0.15) is 6.92 Å². The van der Waals surface area contributed by atoms with Gasteiger partial charge in [-0.2, -0.15) is 5.10 Å². The van der Waals surface area contributed by atoms with Crippen molar-refractivity contribution >= 4 is 11.7 Å². The van der Waals surface area contributed by atoms with Crippen molar-refractivity contribution in [1.82, 2.24) is 5.43 Å². The molecule has 82 valence electrons. The number of nitrogens with zero attached hydrogens (tertiary/aromatic N) is 1. The minimum atomic E-state index is -1.28. The van der Waals surface area contributed by atoms with Gasteiger partial charge in [-0.15, -0.1) is 0 Å². The molecule has 7 heteroatoms. The quantitative estimate of drug-likeness (QED) is 0.195. The Morgan fingerprint density at radius 2 is 2.07 bits per heavy atom. The standard InChI is InChI=1S/C8H16N2O4.Na/c1-7(8(11)12)10-9-3-4-14-6-5-13-2;/h9H,3-6H2,1-2H3,(H,11,12);/q;+1/p-1/b10-7-;. The van der Waals surface area contributed by atoms with E-state index < -0.39 is 5.97 Å². The van der Waals surface area contributed by atoms with Crippen molar-refractivity contribution in [1.29, 1.82) is 0 Å². The number of carboxylic acid groups (broad SMARTS) is 1. The summed E-state index contributed by atoms with van der Waals surface area (Å²) in [5.74, 6) is -1.28. The number of hydrogen-bond acceptors (Lipinski definition) is 6. The molecule has 0 aromatic carbocycles. The van der Waals surface area contributed by atoms with Crippen LogP contribution in [0.3, 0.4) is 0 Å². The van der Waals surface area contributed by atoms with E-state index in [0.717, 1.165) is 0 Å². The number of carboxylic acids is 1. The topological polar surface area (TPSA) is 83.0 Å². The number of rotatable bonds is 8. The van der Waals surface area contributed by atoms with Gasteiger partial charge in [0, 0.05) is 7.11 Å². The molecule has 0 heterocycles. The number of carbonyl (C=O) groups is 1. The van der Waals surface area contributed by atoms with Crippen LogP contribution in [-0.2, 0) is 14.3 Å². The smallest absolute Gasteiger partial charge is 0.543 e. The molecule has 0 aliphatic rings. The summed E-state index contributed by atoms with van der Waals surface area (Å²) >= 11 is 0. The van der Waals surface area contributed by atoms with Gasteiger partial charge in [0.25, 0.3) is 0 Å². The summed E-state index contributed by atoms with van der Waals surface area (Å²) in [5.41, 5.74) is 2.46. The third kappa shape index (κ3) is 11.8. The molecule has 0 rings (SSSR count). The van der Waals surface area contributed by atoms with E-state index in [1.807, 2.05) is 0 Å². The first kappa shape index (κ1) is 17.3. The first-order chi connectivity index (χ1) is 6.68. The van der Waals surface area contributed by atoms with Gasteiger partial charge in [0.1, 0.15) is 0 Å². The SMILES string of the molecule is COCCOCCN/N=C(/C)C(=O)[O-].[Na+]. The van der Waals surface area contributed by atoms with Gasteiger partial charge in [-0.3, -0.25) is 0 Å². The zero-order valence-electron chi connectivity index (χ0n) is 9.41. The van der Waals surface area contributed by atoms with Crippen LogP contribution < -0.4 is 40.1 Å². The molecular weight excluding hydrogens is 211 g/mol. The van der Waals surface area contributed by atoms with Crippen LogP contribution in [0.15, 0.2) is 5.10 Å². The van der Waals surface area contributed by atoms with E-state index >= 15 is 0 Å². The Kier molecular flexibility index (Phi) is 13.7. The van der Waals surface area contributed by atoms with Crippen molar-refractivity contribution in [3.05, 3.63) is 0 Å². The number of ether oxygens (including phenoxy) is 2. The molecule has 0 saturated carbocycles. The second-order valence-electron chi connectivity index (χ2n) is 2.50. The number of hydrazone groups is 1. The van der Waals surface area contributed by atoms with Crippen LogP contribution in [0.5, 0.6) is 0 Å². The summed E-state index contributed by atoms with van der Waals surface area (Å²) in [5, 5.41) is 13.7. The summed E-state index contributed by atoms with van der Waals surface area (Å²) in [6.45, 7) is 3.32. The predicted octanol–water partition coefficient (Wildman–Crippen LogP) is -4.63. The molecule has 1 N–H and O–H groups in total. The zero-order valence-corrected chi connectivity index (χ0v) is 11.4. The Hall–Kier alpha value is -0.140. The number of methoxy groups -OCH3 is 1. The predicted molar refractivity (Wildman–Crippen MR) is 48.8 cm³/mol. The molecule has 6 nitrogen and oxygen atoms in total. The van der Waals surface area contributed by atoms with Crippen molar-refractivity contribution < 1.29 is 48.9 Å². The zero-order chi connectivity index (χ0) is 10.8. The molecule has 0 unspecified atom stereocenters. The van der Waals surface area contributed by atoms with Gasteiger partial charge in [0.05, 0.1) is 38.0 Å². The van der Waals surface area contributed by atoms with Gasteiger partial charge in [-0.25, -0.2) is 0 Å². The van der Waals surface area contributed by atoms with Crippen molar-refractivity contribution in [3.8, 4) is 0 Å². The van der Waals surface area contributed by atoms with Crippen molar-refractivity contribution in [2.45, 2.75) is 6.92 Å². The van der Waals surface area contributed by atoms with Crippen LogP contribution >= 0.6 is 0 Å². The fraction of sp³-hybridized carbons (Fsp3) is 0.750. The van der Waals surface area contributed by atoms with Crippen LogP contribution in [0.25, 0.3) is 0 Å². The number of nitrogens with one attached hydrogen (secondary N) is 1. The number of hydrogen-bond donors (Lipinski definition) is 1. The maximum absolute atomic E-state index is 10.2. The van der Waals surface area contributed by atoms with Crippen LogP contribution in [0.2, 0.25) is 0 Å². The number of aliphatic carboxylic acids is 1. The average Bonchev–Trinajstić information content (AvgIpc) is 2.16. The van der Waals surface area contributed by atoms with E-state index in [0.29, 0.717) is 26.4 Å². The molecule has 0 aliphatic carbocycles. The van der Waals surface area contributed by atoms with Gasteiger partial charge >= 0.3 is 29.6 Å². The largest absolute Gasteiger partial charge is 1.00 e. The first-order valence-corrected chi connectivity index (χ1v) is 4.23. The first-order valence-electron chi connectivity index (χ1n) is 4.23. The molecule has 0 radical (unpaired) electrons. The normalized spacial score (nSPS) is 10.7. The minimum Gasteiger partial charge on any atom is -0.543 e. The van der Waals surface area contributed by atoms with Gasteiger partial charge in [0.15, 0.2) is 0 Å². The second kappa shape index (κ2) is 11.9. The van der Waals surface area contributed by atoms with Gasteiger partial charge in [-0.05, 0) is 6.92 Å². The summed E-state index contributed by atoms with van der Waals surface area (Å²) in [4.78, 5) is 10.2. The summed E-state index contributed by atoms with van der Waals surface area (Å²) < 4.78 is 9.86. The van der Waals surface area contributed by atoms with Crippen molar-refractivity contribution in [2.24, 2.45) is 5.10 Å². The van der Waals surface area contributed by atoms with E-state index in [4.69, 9.17) is 9.47 Å². The Morgan fingerprint density at radius 3 is 2.60 bits per heavy atom. The van der Waals surface area contributed by atoms with E-state index in [1.165, 1.54) is 6.92 Å². The number of carbonyl (C=O) groups excluding carboxylic acids is 1. The van der Waals surface area contributed by atoms with Crippen LogP contribution in [-0.4, -0.2) is 45.2 Å². The molecule has 0 bridgehead atoms. The van der Waals surface area contributed by atoms with Gasteiger partial charge in [-0.1, -0.05) is 0 Å². The monoisotopic (exact) mass is 226 g/mol. The third-order valence-electron chi connectivity index (χ3n) is 1.33. The Labute approximate surface area is 111 Å².